The Morgan fingerprint density at radius 1 is 1.02 bits per heavy atom. The number of rotatable bonds is 8. The van der Waals surface area contributed by atoms with Crippen LogP contribution in [0.4, 0.5) is 28.8 Å². The number of likely N-dealkylation sites (N-methyl/N-ethyl adjacent to an activating group) is 1. The van der Waals surface area contributed by atoms with Gasteiger partial charge in [0.05, 0.1) is 34.7 Å². The van der Waals surface area contributed by atoms with E-state index in [0.29, 0.717) is 62.8 Å². The lowest BCUT2D eigenvalue weighted by molar-refractivity contribution is 0.0664. The standard InChI is InChI=1S/C27H30BrN9O4S/c1-35-11-13-37(14-12-35)26(38)17-5-6-19(22(15-17)41-3)33-27-31-16-18(28)25(34-27)32-21-8-7-20-23(30-10-9-29-20)24(21)36(2)42(4,39)40/h5-10,15-16H,11-14H2,1-4H3,(H2,31,32,33,34). The van der Waals surface area contributed by atoms with Gasteiger partial charge in [-0.05, 0) is 53.3 Å². The number of sulfonamides is 1. The summed E-state index contributed by atoms with van der Waals surface area (Å²) in [5.41, 5.74) is 2.83. The number of hydrogen-bond donors (Lipinski definition) is 2. The van der Waals surface area contributed by atoms with Crippen LogP contribution in [0, 0.1) is 0 Å². The first-order valence-corrected chi connectivity index (χ1v) is 15.6. The van der Waals surface area contributed by atoms with E-state index in [4.69, 9.17) is 4.74 Å². The van der Waals surface area contributed by atoms with Gasteiger partial charge in [0.1, 0.15) is 22.8 Å². The number of aromatic nitrogens is 4. The molecule has 42 heavy (non-hydrogen) atoms. The molecule has 1 saturated heterocycles. The number of fused-ring (bicyclic) bond motifs is 1. The smallest absolute Gasteiger partial charge is 0.254 e. The van der Waals surface area contributed by atoms with Gasteiger partial charge in [0.25, 0.3) is 5.91 Å². The number of hydrogen-bond acceptors (Lipinski definition) is 11. The molecule has 0 saturated carbocycles. The molecule has 1 fully saturated rings. The summed E-state index contributed by atoms with van der Waals surface area (Å²) >= 11 is 3.47. The predicted octanol–water partition coefficient (Wildman–Crippen LogP) is 3.46. The number of anilines is 5. The van der Waals surface area contributed by atoms with Crippen LogP contribution in [0.2, 0.25) is 0 Å². The molecule has 1 aliphatic heterocycles. The first-order chi connectivity index (χ1) is 20.0. The normalized spacial score (nSPS) is 14.1. The first-order valence-electron chi connectivity index (χ1n) is 12.9. The number of halogens is 1. The molecule has 2 aromatic heterocycles. The molecular weight excluding hydrogens is 626 g/mol. The van der Waals surface area contributed by atoms with Crippen molar-refractivity contribution in [3.8, 4) is 5.75 Å². The molecule has 13 nitrogen and oxygen atoms in total. The van der Waals surface area contributed by atoms with Gasteiger partial charge in [0.15, 0.2) is 0 Å². The number of nitrogens with zero attached hydrogens (tertiary/aromatic N) is 7. The van der Waals surface area contributed by atoms with Crippen molar-refractivity contribution in [2.75, 3.05) is 68.6 Å². The number of benzene rings is 2. The van der Waals surface area contributed by atoms with Crippen molar-refractivity contribution >= 4 is 71.7 Å². The topological polar surface area (TPSA) is 146 Å². The van der Waals surface area contributed by atoms with E-state index in [-0.39, 0.29) is 11.9 Å². The summed E-state index contributed by atoms with van der Waals surface area (Å²) in [6, 6.07) is 8.66. The molecule has 220 valence electrons. The van der Waals surface area contributed by atoms with Crippen molar-refractivity contribution < 1.29 is 17.9 Å². The molecule has 4 aromatic rings. The molecule has 2 aromatic carbocycles. The van der Waals surface area contributed by atoms with Crippen molar-refractivity contribution in [1.82, 2.24) is 29.7 Å². The highest BCUT2D eigenvalue weighted by molar-refractivity contribution is 9.10. The minimum atomic E-state index is -3.62. The number of piperazine rings is 1. The average Bonchev–Trinajstić information content (AvgIpc) is 2.98. The van der Waals surface area contributed by atoms with Crippen LogP contribution in [-0.4, -0.2) is 97.7 Å². The predicted molar refractivity (Wildman–Crippen MR) is 165 cm³/mol. The molecule has 3 heterocycles. The van der Waals surface area contributed by atoms with Gasteiger partial charge in [-0.2, -0.15) is 4.98 Å². The summed E-state index contributed by atoms with van der Waals surface area (Å²) < 4.78 is 32.3. The molecule has 0 spiro atoms. The van der Waals surface area contributed by atoms with Gasteiger partial charge in [0, 0.05) is 57.4 Å². The van der Waals surface area contributed by atoms with Crippen LogP contribution in [0.5, 0.6) is 5.75 Å². The Morgan fingerprint density at radius 2 is 1.74 bits per heavy atom. The van der Waals surface area contributed by atoms with Crippen molar-refractivity contribution in [3.05, 3.63) is 59.0 Å². The van der Waals surface area contributed by atoms with E-state index in [1.54, 1.807) is 42.7 Å². The molecule has 0 bridgehead atoms. The highest BCUT2D eigenvalue weighted by atomic mass is 79.9. The molecule has 5 rings (SSSR count). The third-order valence-electron chi connectivity index (χ3n) is 6.91. The van der Waals surface area contributed by atoms with Crippen LogP contribution in [0.1, 0.15) is 10.4 Å². The summed E-state index contributed by atoms with van der Waals surface area (Å²) in [7, 11) is 1.40. The van der Waals surface area contributed by atoms with E-state index in [1.165, 1.54) is 20.4 Å². The lowest BCUT2D eigenvalue weighted by Crippen LogP contribution is -2.47. The zero-order chi connectivity index (χ0) is 30.0. The van der Waals surface area contributed by atoms with E-state index in [1.807, 2.05) is 11.9 Å². The lowest BCUT2D eigenvalue weighted by atomic mass is 10.1. The lowest BCUT2D eigenvalue weighted by Gasteiger charge is -2.32. The number of carbonyl (C=O) groups is 1. The molecule has 2 N–H and O–H groups in total. The number of methoxy groups -OCH3 is 1. The fourth-order valence-corrected chi connectivity index (χ4v) is 5.30. The zero-order valence-electron chi connectivity index (χ0n) is 23.5. The molecule has 15 heteroatoms. The fourth-order valence-electron chi connectivity index (χ4n) is 4.49. The maximum atomic E-state index is 13.1. The van der Waals surface area contributed by atoms with Gasteiger partial charge in [-0.15, -0.1) is 0 Å². The third kappa shape index (κ3) is 6.22. The Kier molecular flexibility index (Phi) is 8.43. The van der Waals surface area contributed by atoms with Gasteiger partial charge in [-0.25, -0.2) is 13.4 Å². The van der Waals surface area contributed by atoms with Gasteiger partial charge in [0.2, 0.25) is 16.0 Å². The highest BCUT2D eigenvalue weighted by Crippen LogP contribution is 2.37. The molecule has 0 aliphatic carbocycles. The monoisotopic (exact) mass is 655 g/mol. The summed E-state index contributed by atoms with van der Waals surface area (Å²) in [5, 5.41) is 6.36. The van der Waals surface area contributed by atoms with Crippen molar-refractivity contribution in [2.24, 2.45) is 0 Å². The quantitative estimate of drug-likeness (QED) is 0.288. The van der Waals surface area contributed by atoms with Gasteiger partial charge in [-0.3, -0.25) is 19.1 Å². The Morgan fingerprint density at radius 3 is 2.45 bits per heavy atom. The van der Waals surface area contributed by atoms with Crippen molar-refractivity contribution in [1.29, 1.82) is 0 Å². The summed E-state index contributed by atoms with van der Waals surface area (Å²) in [4.78, 5) is 34.7. The van der Waals surface area contributed by atoms with Gasteiger partial charge in [-0.1, -0.05) is 0 Å². The Labute approximate surface area is 252 Å². The van der Waals surface area contributed by atoms with E-state index in [0.717, 1.165) is 23.7 Å². The molecule has 0 unspecified atom stereocenters. The molecule has 1 amide bonds. The third-order valence-corrected chi connectivity index (χ3v) is 8.67. The van der Waals surface area contributed by atoms with Gasteiger partial charge < -0.3 is 25.2 Å². The molecule has 1 aliphatic rings. The van der Waals surface area contributed by atoms with Crippen molar-refractivity contribution in [2.45, 2.75) is 0 Å². The second-order valence-electron chi connectivity index (χ2n) is 9.77. The van der Waals surface area contributed by atoms with Crippen LogP contribution >= 0.6 is 15.9 Å². The second kappa shape index (κ2) is 12.0. The summed E-state index contributed by atoms with van der Waals surface area (Å²) in [6.07, 6.45) is 5.73. The van der Waals surface area contributed by atoms with Gasteiger partial charge >= 0.3 is 0 Å². The van der Waals surface area contributed by atoms with E-state index in [2.05, 4.69) is 51.4 Å². The molecule has 0 radical (unpaired) electrons. The second-order valence-corrected chi connectivity index (χ2v) is 12.6. The Bertz CT molecular complexity index is 1750. The van der Waals surface area contributed by atoms with E-state index >= 15 is 0 Å². The molecule has 0 atom stereocenters. The minimum absolute atomic E-state index is 0.0470. The number of ether oxygens (including phenoxy) is 1. The largest absolute Gasteiger partial charge is 0.495 e. The maximum absolute atomic E-state index is 13.1. The zero-order valence-corrected chi connectivity index (χ0v) is 25.9. The highest BCUT2D eigenvalue weighted by Gasteiger charge is 2.23. The van der Waals surface area contributed by atoms with Crippen molar-refractivity contribution in [3.63, 3.8) is 0 Å². The fraction of sp³-hybridized carbons (Fsp3) is 0.296. The molecular formula is C27H30BrN9O4S. The Balaban J connectivity index is 1.43. The van der Waals surface area contributed by atoms with E-state index in [9.17, 15) is 13.2 Å². The van der Waals surface area contributed by atoms with Crippen LogP contribution in [0.3, 0.4) is 0 Å². The van der Waals surface area contributed by atoms with Crippen LogP contribution in [-0.2, 0) is 10.0 Å². The number of carbonyl (C=O) groups excluding carboxylic acids is 1. The summed E-state index contributed by atoms with van der Waals surface area (Å²) in [5.74, 6) is 1.03. The SMILES string of the molecule is COc1cc(C(=O)N2CCN(C)CC2)ccc1Nc1ncc(Br)c(Nc2ccc3nccnc3c2N(C)S(C)(=O)=O)n1. The summed E-state index contributed by atoms with van der Waals surface area (Å²) in [6.45, 7) is 3.01. The van der Waals surface area contributed by atoms with Crippen LogP contribution < -0.4 is 19.7 Å². The van der Waals surface area contributed by atoms with Crippen LogP contribution in [0.15, 0.2) is 53.4 Å². The minimum Gasteiger partial charge on any atom is -0.495 e. The van der Waals surface area contributed by atoms with Crippen LogP contribution in [0.25, 0.3) is 11.0 Å². The Hall–Kier alpha value is -4.08. The maximum Gasteiger partial charge on any atom is 0.254 e. The number of amides is 1. The average molecular weight is 657 g/mol. The van der Waals surface area contributed by atoms with E-state index < -0.39 is 10.0 Å². The first kappa shape index (κ1) is 29.4. The number of nitrogens with one attached hydrogen (secondary N) is 2.